The average Bonchev–Trinajstić information content (AvgIpc) is 2.97. The molecule has 0 spiro atoms. The van der Waals surface area contributed by atoms with Gasteiger partial charge < -0.3 is 21.1 Å². The topological polar surface area (TPSA) is 131 Å². The summed E-state index contributed by atoms with van der Waals surface area (Å²) in [4.78, 5) is 22.4. The Morgan fingerprint density at radius 1 is 0.762 bits per heavy atom. The summed E-state index contributed by atoms with van der Waals surface area (Å²) >= 11 is 0. The van der Waals surface area contributed by atoms with Crippen molar-refractivity contribution in [2.75, 3.05) is 19.8 Å². The number of amides is 1. The van der Waals surface area contributed by atoms with Gasteiger partial charge in [-0.15, -0.1) is 0 Å². The molecule has 0 aromatic heterocycles. The van der Waals surface area contributed by atoms with Crippen LogP contribution in [0.25, 0.3) is 0 Å². The van der Waals surface area contributed by atoms with Crippen LogP contribution in [0.1, 0.15) is 136 Å². The number of hydrogen-bond acceptors (Lipinski definition) is 6. The van der Waals surface area contributed by atoms with E-state index in [9.17, 15) is 19.4 Å². The first-order valence-corrected chi connectivity index (χ1v) is 18.1. The van der Waals surface area contributed by atoms with Crippen LogP contribution in [0.2, 0.25) is 0 Å². The Bertz CT molecular complexity index is 759. The molecule has 0 fully saturated rings. The maximum atomic E-state index is 12.6. The third kappa shape index (κ3) is 27.5. The van der Waals surface area contributed by atoms with Crippen molar-refractivity contribution < 1.29 is 28.4 Å². The summed E-state index contributed by atoms with van der Waals surface area (Å²) in [7, 11) is -4.33. The van der Waals surface area contributed by atoms with E-state index < -0.39 is 20.0 Å². The lowest BCUT2D eigenvalue weighted by molar-refractivity contribution is -0.123. The lowest BCUT2D eigenvalue weighted by Crippen LogP contribution is -2.45. The van der Waals surface area contributed by atoms with Gasteiger partial charge >= 0.3 is 7.82 Å². The van der Waals surface area contributed by atoms with E-state index in [2.05, 4.69) is 43.5 Å². The van der Waals surface area contributed by atoms with Crippen LogP contribution in [0.5, 0.6) is 0 Å². The van der Waals surface area contributed by atoms with E-state index in [1.807, 2.05) is 6.08 Å². The Morgan fingerprint density at radius 3 is 1.93 bits per heavy atom. The number of phosphoric ester groups is 1. The second-order valence-electron chi connectivity index (χ2n) is 11.0. The molecule has 3 unspecified atom stereocenters. The molecule has 0 bridgehead atoms. The number of nitrogens with two attached hydrogens (primary N) is 1. The highest BCUT2D eigenvalue weighted by Gasteiger charge is 2.26. The second kappa shape index (κ2) is 29.8. The number of allylic oxidation sites excluding steroid dienone is 5. The van der Waals surface area contributed by atoms with Crippen LogP contribution >= 0.6 is 7.82 Å². The summed E-state index contributed by atoms with van der Waals surface area (Å²) in [6.07, 6.45) is 32.1. The predicted molar refractivity (Wildman–Crippen MR) is 175 cm³/mol. The van der Waals surface area contributed by atoms with E-state index in [-0.39, 0.29) is 25.7 Å². The van der Waals surface area contributed by atoms with Crippen molar-refractivity contribution in [2.24, 2.45) is 5.73 Å². The van der Waals surface area contributed by atoms with Gasteiger partial charge in [-0.2, -0.15) is 0 Å². The normalized spacial score (nSPS) is 15.1. The number of hydrogen-bond donors (Lipinski definition) is 4. The van der Waals surface area contributed by atoms with Crippen molar-refractivity contribution in [3.63, 3.8) is 0 Å². The van der Waals surface area contributed by atoms with Crippen LogP contribution < -0.4 is 11.1 Å². The van der Waals surface area contributed by atoms with Gasteiger partial charge in [-0.05, 0) is 51.4 Å². The summed E-state index contributed by atoms with van der Waals surface area (Å²) in [5.41, 5.74) is 5.32. The minimum Gasteiger partial charge on any atom is -0.387 e. The van der Waals surface area contributed by atoms with Gasteiger partial charge in [0.25, 0.3) is 0 Å². The number of rotatable bonds is 30. The molecule has 0 rings (SSSR count). The van der Waals surface area contributed by atoms with Gasteiger partial charge in [-0.3, -0.25) is 13.8 Å². The van der Waals surface area contributed by atoms with Gasteiger partial charge in [0.2, 0.25) is 5.91 Å². The lowest BCUT2D eigenvalue weighted by Gasteiger charge is -2.23. The molecule has 0 saturated heterocycles. The molecule has 0 aromatic carbocycles. The number of phosphoric acid groups is 1. The van der Waals surface area contributed by atoms with Gasteiger partial charge in [0, 0.05) is 13.0 Å². The summed E-state index contributed by atoms with van der Waals surface area (Å²) in [6.45, 7) is 3.96. The van der Waals surface area contributed by atoms with Crippen LogP contribution in [-0.4, -0.2) is 47.8 Å². The highest BCUT2D eigenvalue weighted by molar-refractivity contribution is 7.47. The highest BCUT2D eigenvalue weighted by Crippen LogP contribution is 2.43. The maximum absolute atomic E-state index is 12.6. The van der Waals surface area contributed by atoms with Gasteiger partial charge in [-0.1, -0.05) is 115 Å². The zero-order valence-corrected chi connectivity index (χ0v) is 27.6. The Labute approximate surface area is 257 Å². The number of carbonyl (C=O) groups is 1. The van der Waals surface area contributed by atoms with Crippen LogP contribution in [0.4, 0.5) is 0 Å². The number of nitrogens with one attached hydrogen (secondary N) is 1. The molecule has 0 aliphatic carbocycles. The lowest BCUT2D eigenvalue weighted by atomic mass is 10.1. The van der Waals surface area contributed by atoms with E-state index >= 15 is 0 Å². The molecule has 246 valence electrons. The van der Waals surface area contributed by atoms with Crippen molar-refractivity contribution in [2.45, 2.75) is 148 Å². The van der Waals surface area contributed by atoms with E-state index in [4.69, 9.17) is 14.8 Å². The second-order valence-corrected chi connectivity index (χ2v) is 12.5. The molecular weight excluding hydrogens is 551 g/mol. The van der Waals surface area contributed by atoms with E-state index in [0.29, 0.717) is 6.42 Å². The van der Waals surface area contributed by atoms with E-state index in [1.165, 1.54) is 57.8 Å². The van der Waals surface area contributed by atoms with Crippen LogP contribution in [-0.2, 0) is 18.4 Å². The van der Waals surface area contributed by atoms with Gasteiger partial charge in [-0.25, -0.2) is 4.57 Å². The zero-order chi connectivity index (χ0) is 31.2. The molecule has 0 saturated carbocycles. The first kappa shape index (κ1) is 40.7. The first-order chi connectivity index (χ1) is 20.4. The quantitative estimate of drug-likeness (QED) is 0.0366. The van der Waals surface area contributed by atoms with E-state index in [1.54, 1.807) is 6.08 Å². The molecule has 0 aliphatic heterocycles. The Kier molecular flexibility index (Phi) is 28.9. The smallest absolute Gasteiger partial charge is 0.387 e. The molecule has 0 heterocycles. The summed E-state index contributed by atoms with van der Waals surface area (Å²) in [5.74, 6) is -0.220. The molecule has 0 aliphatic rings. The van der Waals surface area contributed by atoms with Crippen LogP contribution in [0, 0.1) is 0 Å². The third-order valence-corrected chi connectivity index (χ3v) is 7.90. The Hall–Kier alpha value is -1.28. The minimum atomic E-state index is -4.33. The van der Waals surface area contributed by atoms with Crippen molar-refractivity contribution >= 4 is 13.7 Å². The highest BCUT2D eigenvalue weighted by atomic mass is 31.2. The molecule has 42 heavy (non-hydrogen) atoms. The molecule has 0 aromatic rings. The summed E-state index contributed by atoms with van der Waals surface area (Å²) in [6, 6.07) is -0.876. The fourth-order valence-electron chi connectivity index (χ4n) is 4.38. The largest absolute Gasteiger partial charge is 0.472 e. The van der Waals surface area contributed by atoms with Crippen LogP contribution in [0.3, 0.4) is 0 Å². The SMILES string of the molecule is CCC/C=C/CC/C=C/C(O)C(COP(=O)(O)OCCN)NC(=O)CCCCCCC/C=C\CCCCCCCCC. The fourth-order valence-corrected chi connectivity index (χ4v) is 5.14. The van der Waals surface area contributed by atoms with Crippen molar-refractivity contribution in [1.82, 2.24) is 5.32 Å². The third-order valence-electron chi connectivity index (χ3n) is 6.92. The summed E-state index contributed by atoms with van der Waals surface area (Å²) < 4.78 is 21.8. The van der Waals surface area contributed by atoms with E-state index in [0.717, 1.165) is 57.8 Å². The number of unbranched alkanes of at least 4 members (excludes halogenated alkanes) is 14. The van der Waals surface area contributed by atoms with Crippen molar-refractivity contribution in [3.8, 4) is 0 Å². The molecule has 8 nitrogen and oxygen atoms in total. The molecule has 0 radical (unpaired) electrons. The monoisotopic (exact) mass is 614 g/mol. The predicted octanol–water partition coefficient (Wildman–Crippen LogP) is 8.04. The average molecular weight is 615 g/mol. The van der Waals surface area contributed by atoms with Crippen molar-refractivity contribution in [1.29, 1.82) is 0 Å². The minimum absolute atomic E-state index is 0.0716. The fraction of sp³-hybridized carbons (Fsp3) is 0.788. The Morgan fingerprint density at radius 2 is 1.31 bits per heavy atom. The zero-order valence-electron chi connectivity index (χ0n) is 26.7. The number of carbonyl (C=O) groups excluding carboxylic acids is 1. The number of aliphatic hydroxyl groups excluding tert-OH is 1. The Balaban J connectivity index is 4.30. The van der Waals surface area contributed by atoms with Gasteiger partial charge in [0.15, 0.2) is 0 Å². The summed E-state index contributed by atoms with van der Waals surface area (Å²) in [5, 5.41) is 13.4. The van der Waals surface area contributed by atoms with Crippen LogP contribution in [0.15, 0.2) is 36.5 Å². The van der Waals surface area contributed by atoms with Gasteiger partial charge in [0.1, 0.15) is 0 Å². The molecule has 9 heteroatoms. The molecule has 1 amide bonds. The molecular formula is C33H63N2O6P. The number of aliphatic hydroxyl groups is 1. The first-order valence-electron chi connectivity index (χ1n) is 16.6. The molecule has 5 N–H and O–H groups in total. The standard InChI is InChI=1S/C33H63N2O6P/c1-3-5-7-9-11-12-13-14-15-16-17-18-19-21-23-25-27-33(37)35-31(30-41-42(38,39)40-29-28-34)32(36)26-24-22-20-10-8-6-4-2/h8,10,15-16,24,26,31-32,36H,3-7,9,11-14,17-23,25,27-30,34H2,1-2H3,(H,35,37)(H,38,39)/b10-8+,16-15-,26-24+. The van der Waals surface area contributed by atoms with Gasteiger partial charge in [0.05, 0.1) is 25.4 Å². The molecule has 3 atom stereocenters. The maximum Gasteiger partial charge on any atom is 0.472 e. The van der Waals surface area contributed by atoms with Crippen molar-refractivity contribution in [3.05, 3.63) is 36.5 Å².